The fourth-order valence-electron chi connectivity index (χ4n) is 5.37. The van der Waals surface area contributed by atoms with Crippen molar-refractivity contribution in [3.05, 3.63) is 0 Å². The van der Waals surface area contributed by atoms with Crippen LogP contribution in [-0.2, 0) is 4.79 Å². The minimum absolute atomic E-state index is 0.550. The van der Waals surface area contributed by atoms with E-state index in [9.17, 15) is 4.79 Å². The van der Waals surface area contributed by atoms with Crippen LogP contribution in [0.25, 0.3) is 0 Å². The van der Waals surface area contributed by atoms with Crippen molar-refractivity contribution in [3.8, 4) is 0 Å². The summed E-state index contributed by atoms with van der Waals surface area (Å²) in [4.78, 5) is 11.6. The topological polar surface area (TPSA) is 17.1 Å². The molecule has 0 aromatic rings. The molecule has 0 aliphatic heterocycles. The van der Waals surface area contributed by atoms with Gasteiger partial charge in [0, 0.05) is 12.8 Å². The van der Waals surface area contributed by atoms with Gasteiger partial charge in [0.05, 0.1) is 0 Å². The fraction of sp³-hybridized carbons (Fsp3) is 0.941. The molecule has 3 unspecified atom stereocenters. The van der Waals surface area contributed by atoms with Crippen LogP contribution in [0.15, 0.2) is 0 Å². The van der Waals surface area contributed by atoms with Gasteiger partial charge < -0.3 is 0 Å². The summed E-state index contributed by atoms with van der Waals surface area (Å²) in [6.07, 6.45) is 13.1. The zero-order chi connectivity index (χ0) is 12.5. The Morgan fingerprint density at radius 1 is 1.00 bits per heavy atom. The molecule has 0 bridgehead atoms. The Morgan fingerprint density at radius 2 is 1.78 bits per heavy atom. The van der Waals surface area contributed by atoms with E-state index in [4.69, 9.17) is 0 Å². The average molecular weight is 248 g/mol. The second kappa shape index (κ2) is 5.35. The summed E-state index contributed by atoms with van der Waals surface area (Å²) in [6.45, 7) is 2.33. The smallest absolute Gasteiger partial charge is 0.133 e. The molecule has 0 aromatic carbocycles. The second-order valence-corrected chi connectivity index (χ2v) is 7.17. The Bertz CT molecular complexity index is 309. The number of fused-ring (bicyclic) bond motifs is 3. The van der Waals surface area contributed by atoms with Gasteiger partial charge in [0.25, 0.3) is 0 Å². The SMILES string of the molecule is CCCC1CC[C@H]2C(CC[C@H]3CC(=O)CCC32)C1. The maximum Gasteiger partial charge on any atom is 0.133 e. The summed E-state index contributed by atoms with van der Waals surface area (Å²) in [5.74, 6) is 5.28. The van der Waals surface area contributed by atoms with Gasteiger partial charge in [-0.05, 0) is 61.7 Å². The van der Waals surface area contributed by atoms with Crippen LogP contribution >= 0.6 is 0 Å². The summed E-state index contributed by atoms with van der Waals surface area (Å²) >= 11 is 0. The molecule has 5 atom stereocenters. The van der Waals surface area contributed by atoms with Crippen molar-refractivity contribution >= 4 is 5.78 Å². The lowest BCUT2D eigenvalue weighted by atomic mass is 9.56. The number of rotatable bonds is 2. The van der Waals surface area contributed by atoms with Crippen molar-refractivity contribution < 1.29 is 4.79 Å². The third kappa shape index (κ3) is 2.38. The van der Waals surface area contributed by atoms with E-state index in [0.717, 1.165) is 42.4 Å². The molecule has 0 aromatic heterocycles. The zero-order valence-electron chi connectivity index (χ0n) is 11.9. The predicted octanol–water partition coefficient (Wildman–Crippen LogP) is 4.60. The van der Waals surface area contributed by atoms with Gasteiger partial charge in [0.1, 0.15) is 5.78 Å². The summed E-state index contributed by atoms with van der Waals surface area (Å²) in [7, 11) is 0. The van der Waals surface area contributed by atoms with E-state index in [1.165, 1.54) is 51.4 Å². The third-order valence-corrected chi connectivity index (χ3v) is 6.16. The van der Waals surface area contributed by atoms with Gasteiger partial charge in [0.2, 0.25) is 0 Å². The number of hydrogen-bond donors (Lipinski definition) is 0. The monoisotopic (exact) mass is 248 g/mol. The van der Waals surface area contributed by atoms with Gasteiger partial charge in [-0.15, -0.1) is 0 Å². The third-order valence-electron chi connectivity index (χ3n) is 6.16. The molecule has 3 aliphatic rings. The number of carbonyl (C=O) groups is 1. The molecule has 0 amide bonds. The molecular formula is C17H28O. The lowest BCUT2D eigenvalue weighted by Gasteiger charge is -2.49. The van der Waals surface area contributed by atoms with Crippen LogP contribution in [0.5, 0.6) is 0 Å². The van der Waals surface area contributed by atoms with Crippen molar-refractivity contribution in [2.75, 3.05) is 0 Å². The predicted molar refractivity (Wildman–Crippen MR) is 74.3 cm³/mol. The quantitative estimate of drug-likeness (QED) is 0.698. The molecule has 1 heteroatoms. The van der Waals surface area contributed by atoms with E-state index in [2.05, 4.69) is 6.92 Å². The Hall–Kier alpha value is -0.330. The Labute approximate surface area is 112 Å². The van der Waals surface area contributed by atoms with E-state index in [1.54, 1.807) is 0 Å². The van der Waals surface area contributed by atoms with Gasteiger partial charge in [-0.3, -0.25) is 4.79 Å². The highest BCUT2D eigenvalue weighted by Gasteiger charge is 2.43. The first-order chi connectivity index (χ1) is 8.78. The zero-order valence-corrected chi connectivity index (χ0v) is 11.9. The van der Waals surface area contributed by atoms with Crippen LogP contribution in [0, 0.1) is 29.6 Å². The van der Waals surface area contributed by atoms with Crippen LogP contribution in [0.4, 0.5) is 0 Å². The minimum atomic E-state index is 0.550. The molecular weight excluding hydrogens is 220 g/mol. The van der Waals surface area contributed by atoms with Gasteiger partial charge in [-0.2, -0.15) is 0 Å². The first-order valence-corrected chi connectivity index (χ1v) is 8.29. The standard InChI is InChI=1S/C17H28O/c1-2-3-12-4-8-16-13(10-12)5-6-14-11-15(18)7-9-17(14)16/h12-14,16-17H,2-11H2,1H3/t12?,13?,14-,16-,17?/m0/s1. The van der Waals surface area contributed by atoms with Gasteiger partial charge in [-0.25, -0.2) is 0 Å². The average Bonchev–Trinajstić information content (AvgIpc) is 2.38. The molecule has 3 saturated carbocycles. The van der Waals surface area contributed by atoms with E-state index in [0.29, 0.717) is 5.78 Å². The van der Waals surface area contributed by atoms with Crippen molar-refractivity contribution in [1.29, 1.82) is 0 Å². The molecule has 3 rings (SSSR count). The molecule has 0 spiro atoms. The summed E-state index contributed by atoms with van der Waals surface area (Å²) in [5, 5.41) is 0. The van der Waals surface area contributed by atoms with E-state index in [-0.39, 0.29) is 0 Å². The lowest BCUT2D eigenvalue weighted by molar-refractivity contribution is -0.125. The number of hydrogen-bond acceptors (Lipinski definition) is 1. The van der Waals surface area contributed by atoms with Crippen LogP contribution in [0.3, 0.4) is 0 Å². The molecule has 3 aliphatic carbocycles. The lowest BCUT2D eigenvalue weighted by Crippen LogP contribution is -2.41. The van der Waals surface area contributed by atoms with Crippen LogP contribution in [0.1, 0.15) is 71.1 Å². The highest BCUT2D eigenvalue weighted by molar-refractivity contribution is 5.79. The Morgan fingerprint density at radius 3 is 2.61 bits per heavy atom. The van der Waals surface area contributed by atoms with Crippen molar-refractivity contribution in [2.45, 2.75) is 71.1 Å². The molecule has 1 nitrogen and oxygen atoms in total. The summed E-state index contributed by atoms with van der Waals surface area (Å²) in [5.41, 5.74) is 0. The molecule has 0 N–H and O–H groups in total. The van der Waals surface area contributed by atoms with E-state index >= 15 is 0 Å². The largest absolute Gasteiger partial charge is 0.300 e. The molecule has 3 fully saturated rings. The van der Waals surface area contributed by atoms with E-state index in [1.807, 2.05) is 0 Å². The summed E-state index contributed by atoms with van der Waals surface area (Å²) < 4.78 is 0. The number of Topliss-reactive ketones (excluding diaryl/α,β-unsaturated/α-hetero) is 1. The van der Waals surface area contributed by atoms with Gasteiger partial charge >= 0.3 is 0 Å². The number of ketones is 1. The molecule has 18 heavy (non-hydrogen) atoms. The highest BCUT2D eigenvalue weighted by Crippen LogP contribution is 2.52. The second-order valence-electron chi connectivity index (χ2n) is 7.17. The minimum Gasteiger partial charge on any atom is -0.300 e. The van der Waals surface area contributed by atoms with Crippen LogP contribution < -0.4 is 0 Å². The molecule has 0 heterocycles. The van der Waals surface area contributed by atoms with Crippen molar-refractivity contribution in [3.63, 3.8) is 0 Å². The van der Waals surface area contributed by atoms with Crippen molar-refractivity contribution in [1.82, 2.24) is 0 Å². The summed E-state index contributed by atoms with van der Waals surface area (Å²) in [6, 6.07) is 0. The Kier molecular flexibility index (Phi) is 3.77. The van der Waals surface area contributed by atoms with E-state index < -0.39 is 0 Å². The first kappa shape index (κ1) is 12.7. The van der Waals surface area contributed by atoms with Crippen LogP contribution in [-0.4, -0.2) is 5.78 Å². The fourth-order valence-corrected chi connectivity index (χ4v) is 5.37. The van der Waals surface area contributed by atoms with Crippen molar-refractivity contribution in [2.24, 2.45) is 29.6 Å². The molecule has 102 valence electrons. The maximum atomic E-state index is 11.6. The number of carbonyl (C=O) groups excluding carboxylic acids is 1. The highest BCUT2D eigenvalue weighted by atomic mass is 16.1. The normalized spacial score (nSPS) is 44.3. The Balaban J connectivity index is 1.64. The molecule has 0 radical (unpaired) electrons. The maximum absolute atomic E-state index is 11.6. The van der Waals surface area contributed by atoms with Gasteiger partial charge in [0.15, 0.2) is 0 Å². The van der Waals surface area contributed by atoms with Crippen LogP contribution in [0.2, 0.25) is 0 Å². The van der Waals surface area contributed by atoms with Gasteiger partial charge in [-0.1, -0.05) is 26.2 Å². The molecule has 0 saturated heterocycles. The first-order valence-electron chi connectivity index (χ1n) is 8.29.